The second-order valence-electron chi connectivity index (χ2n) is 7.48. The van der Waals surface area contributed by atoms with E-state index in [9.17, 15) is 14.4 Å². The van der Waals surface area contributed by atoms with Crippen molar-refractivity contribution in [3.8, 4) is 0 Å². The molecule has 10 nitrogen and oxygen atoms in total. The summed E-state index contributed by atoms with van der Waals surface area (Å²) in [7, 11) is 4.07. The van der Waals surface area contributed by atoms with Crippen molar-refractivity contribution in [2.45, 2.75) is 39.0 Å². The third-order valence-corrected chi connectivity index (χ3v) is 4.91. The summed E-state index contributed by atoms with van der Waals surface area (Å²) in [4.78, 5) is 36.2. The molecule has 1 amide bonds. The minimum atomic E-state index is -2.27. The largest absolute Gasteiger partial charge is 0.479 e. The fourth-order valence-corrected chi connectivity index (χ4v) is 3.05. The van der Waals surface area contributed by atoms with Gasteiger partial charge in [0.1, 0.15) is 0 Å². The molecule has 2 unspecified atom stereocenters. The van der Waals surface area contributed by atoms with Crippen molar-refractivity contribution in [1.29, 1.82) is 0 Å². The normalized spacial score (nSPS) is 12.7. The van der Waals surface area contributed by atoms with E-state index < -0.39 is 24.1 Å². The molecule has 0 fully saturated rings. The molecule has 2 rings (SSSR count). The number of hydrogen-bond acceptors (Lipinski definition) is 6. The number of carbonyl (C=O) groups is 3. The highest BCUT2D eigenvalue weighted by molar-refractivity contribution is 5.89. The lowest BCUT2D eigenvalue weighted by Crippen LogP contribution is -2.39. The van der Waals surface area contributed by atoms with Gasteiger partial charge in [-0.25, -0.2) is 9.59 Å². The van der Waals surface area contributed by atoms with E-state index >= 15 is 0 Å². The van der Waals surface area contributed by atoms with Crippen LogP contribution in [0.5, 0.6) is 0 Å². The summed E-state index contributed by atoms with van der Waals surface area (Å²) in [6, 6.07) is 8.33. The number of para-hydroxylation sites is 1. The molecule has 0 radical (unpaired) electrons. The van der Waals surface area contributed by atoms with Crippen LogP contribution in [0.15, 0.2) is 30.5 Å². The van der Waals surface area contributed by atoms with Crippen LogP contribution in [0.25, 0.3) is 10.9 Å². The van der Waals surface area contributed by atoms with Crippen LogP contribution in [0.1, 0.15) is 19.4 Å². The molecule has 0 spiro atoms. The molecule has 0 bridgehead atoms. The number of aliphatic hydroxyl groups excluding tert-OH is 2. The maximum Gasteiger partial charge on any atom is 0.335 e. The molecule has 0 aliphatic rings. The van der Waals surface area contributed by atoms with E-state index in [-0.39, 0.29) is 5.91 Å². The average molecular weight is 452 g/mol. The molecule has 2 aromatic rings. The number of nitrogens with zero attached hydrogens (tertiary/aromatic N) is 3. The summed E-state index contributed by atoms with van der Waals surface area (Å²) in [6.07, 6.45) is -1.92. The predicted molar refractivity (Wildman–Crippen MR) is 119 cm³/mol. The van der Waals surface area contributed by atoms with Crippen molar-refractivity contribution >= 4 is 28.7 Å². The van der Waals surface area contributed by atoms with Crippen LogP contribution < -0.4 is 0 Å². The maximum atomic E-state index is 12.6. The lowest BCUT2D eigenvalue weighted by molar-refractivity contribution is -0.165. The standard InChI is InChI=1S/C18H27N3O.C4H6O6/c1-5-20(12-11-19(3)4)18(22)13-15-14-21(6-2)17-10-8-7-9-16(15)17;5-1(3(7)8)2(6)4(9)10/h7-10,14H,5-6,11-13H2,1-4H3;1-2,5-6H,(H,7,8)(H,9,10). The Morgan fingerprint density at radius 1 is 0.969 bits per heavy atom. The molecular weight excluding hydrogens is 418 g/mol. The van der Waals surface area contributed by atoms with Gasteiger partial charge in [-0.1, -0.05) is 18.2 Å². The monoisotopic (exact) mass is 451 g/mol. The van der Waals surface area contributed by atoms with Crippen molar-refractivity contribution in [2.24, 2.45) is 0 Å². The van der Waals surface area contributed by atoms with Crippen LogP contribution in [-0.4, -0.2) is 98.6 Å². The van der Waals surface area contributed by atoms with Gasteiger partial charge in [-0.05, 0) is 39.6 Å². The molecule has 0 saturated carbocycles. The molecular formula is C22H33N3O7. The fourth-order valence-electron chi connectivity index (χ4n) is 3.05. The summed E-state index contributed by atoms with van der Waals surface area (Å²) in [5.74, 6) is -3.33. The van der Waals surface area contributed by atoms with Crippen LogP contribution in [0.2, 0.25) is 0 Å². The van der Waals surface area contributed by atoms with E-state index in [1.807, 2.05) is 32.0 Å². The lowest BCUT2D eigenvalue weighted by Gasteiger charge is -2.22. The zero-order chi connectivity index (χ0) is 24.4. The van der Waals surface area contributed by atoms with Gasteiger partial charge in [0, 0.05) is 43.3 Å². The van der Waals surface area contributed by atoms with Gasteiger partial charge in [-0.2, -0.15) is 0 Å². The molecule has 10 heteroatoms. The minimum Gasteiger partial charge on any atom is -0.479 e. The zero-order valence-electron chi connectivity index (χ0n) is 18.9. The first-order valence-corrected chi connectivity index (χ1v) is 10.3. The quantitative estimate of drug-likeness (QED) is 0.409. The highest BCUT2D eigenvalue weighted by atomic mass is 16.4. The Morgan fingerprint density at radius 3 is 2.00 bits per heavy atom. The van der Waals surface area contributed by atoms with Crippen LogP contribution in [0.4, 0.5) is 0 Å². The number of aryl methyl sites for hydroxylation is 1. The highest BCUT2D eigenvalue weighted by Gasteiger charge is 2.29. The van der Waals surface area contributed by atoms with E-state index in [1.165, 1.54) is 10.9 Å². The van der Waals surface area contributed by atoms with Crippen molar-refractivity contribution in [3.05, 3.63) is 36.0 Å². The Kier molecular flexibility index (Phi) is 10.8. The van der Waals surface area contributed by atoms with Gasteiger partial charge in [0.15, 0.2) is 12.2 Å². The molecule has 0 saturated heterocycles. The molecule has 1 aromatic carbocycles. The second-order valence-corrected chi connectivity index (χ2v) is 7.48. The summed E-state index contributed by atoms with van der Waals surface area (Å²) < 4.78 is 2.22. The Morgan fingerprint density at radius 2 is 1.53 bits per heavy atom. The molecule has 0 aliphatic carbocycles. The predicted octanol–water partition coefficient (Wildman–Crippen LogP) is 0.491. The first-order chi connectivity index (χ1) is 15.0. The van der Waals surface area contributed by atoms with Crippen LogP contribution in [-0.2, 0) is 27.3 Å². The Labute approximate surface area is 187 Å². The lowest BCUT2D eigenvalue weighted by atomic mass is 10.1. The third kappa shape index (κ3) is 7.63. The molecule has 1 heterocycles. The van der Waals surface area contributed by atoms with Crippen molar-refractivity contribution < 1.29 is 34.8 Å². The van der Waals surface area contributed by atoms with Crippen LogP contribution in [0.3, 0.4) is 0 Å². The minimum absolute atomic E-state index is 0.211. The van der Waals surface area contributed by atoms with E-state index in [0.717, 1.165) is 31.7 Å². The number of carbonyl (C=O) groups excluding carboxylic acids is 1. The van der Waals surface area contributed by atoms with Crippen molar-refractivity contribution in [2.75, 3.05) is 33.7 Å². The van der Waals surface area contributed by atoms with Crippen molar-refractivity contribution in [1.82, 2.24) is 14.4 Å². The van der Waals surface area contributed by atoms with Gasteiger partial charge in [-0.3, -0.25) is 4.79 Å². The first kappa shape index (κ1) is 27.1. The zero-order valence-corrected chi connectivity index (χ0v) is 18.9. The third-order valence-electron chi connectivity index (χ3n) is 4.91. The number of likely N-dealkylation sites (N-methyl/N-ethyl adjacent to an activating group) is 2. The maximum absolute atomic E-state index is 12.6. The number of aliphatic hydroxyl groups is 2. The molecule has 1 aromatic heterocycles. The van der Waals surface area contributed by atoms with Gasteiger partial charge < -0.3 is 34.8 Å². The fraction of sp³-hybridized carbons (Fsp3) is 0.500. The van der Waals surface area contributed by atoms with Crippen LogP contribution in [0, 0.1) is 0 Å². The SMILES string of the molecule is CCN(CCN(C)C)C(=O)Cc1cn(CC)c2ccccc12.O=C(O)C(O)C(O)C(=O)O. The summed E-state index contributed by atoms with van der Waals surface area (Å²) >= 11 is 0. The topological polar surface area (TPSA) is 144 Å². The highest BCUT2D eigenvalue weighted by Crippen LogP contribution is 2.22. The van der Waals surface area contributed by atoms with Crippen molar-refractivity contribution in [3.63, 3.8) is 0 Å². The first-order valence-electron chi connectivity index (χ1n) is 10.3. The number of hydrogen-bond donors (Lipinski definition) is 4. The van der Waals surface area contributed by atoms with Crippen LogP contribution >= 0.6 is 0 Å². The van der Waals surface area contributed by atoms with E-state index in [4.69, 9.17) is 20.4 Å². The number of fused-ring (bicyclic) bond motifs is 1. The summed E-state index contributed by atoms with van der Waals surface area (Å²) in [5, 5.41) is 33.7. The average Bonchev–Trinajstić information content (AvgIpc) is 3.10. The van der Waals surface area contributed by atoms with Gasteiger partial charge in [-0.15, -0.1) is 0 Å². The molecule has 2 atom stereocenters. The number of carboxylic acid groups (broad SMARTS) is 2. The number of aliphatic carboxylic acids is 2. The summed E-state index contributed by atoms with van der Waals surface area (Å²) in [6.45, 7) is 7.55. The van der Waals surface area contributed by atoms with Gasteiger partial charge in [0.05, 0.1) is 6.42 Å². The number of carboxylic acids is 2. The van der Waals surface area contributed by atoms with E-state index in [2.05, 4.69) is 40.8 Å². The van der Waals surface area contributed by atoms with Gasteiger partial charge in [0.25, 0.3) is 0 Å². The smallest absolute Gasteiger partial charge is 0.335 e. The van der Waals surface area contributed by atoms with E-state index in [0.29, 0.717) is 6.42 Å². The summed E-state index contributed by atoms with van der Waals surface area (Å²) in [5.41, 5.74) is 2.34. The number of benzene rings is 1. The Bertz CT molecular complexity index is 892. The Hall–Kier alpha value is -2.95. The van der Waals surface area contributed by atoms with E-state index in [1.54, 1.807) is 0 Å². The number of aromatic nitrogens is 1. The molecule has 32 heavy (non-hydrogen) atoms. The van der Waals surface area contributed by atoms with Gasteiger partial charge in [0.2, 0.25) is 5.91 Å². The number of amides is 1. The second kappa shape index (κ2) is 12.8. The molecule has 0 aliphatic heterocycles. The Balaban J connectivity index is 0.000000433. The van der Waals surface area contributed by atoms with Gasteiger partial charge >= 0.3 is 11.9 Å². The molecule has 178 valence electrons. The molecule has 4 N–H and O–H groups in total. The number of rotatable bonds is 10.